The van der Waals surface area contributed by atoms with Crippen LogP contribution in [0.15, 0.2) is 0 Å². The molecule has 0 radical (unpaired) electrons. The number of ketones is 2. The summed E-state index contributed by atoms with van der Waals surface area (Å²) in [6.07, 6.45) is 3.71. The topological polar surface area (TPSA) is 34.1 Å². The van der Waals surface area contributed by atoms with Crippen LogP contribution >= 0.6 is 0 Å². The Labute approximate surface area is 108 Å². The van der Waals surface area contributed by atoms with Gasteiger partial charge in [0.2, 0.25) is 0 Å². The van der Waals surface area contributed by atoms with Crippen LogP contribution in [-0.2, 0) is 9.59 Å². The van der Waals surface area contributed by atoms with Gasteiger partial charge >= 0.3 is 0 Å². The predicted octanol–water partition coefficient (Wildman–Crippen LogP) is 4.66. The zero-order chi connectivity index (χ0) is 13.1. The van der Waals surface area contributed by atoms with Gasteiger partial charge in [0, 0.05) is 12.8 Å². The molecule has 2 unspecified atom stereocenters. The summed E-state index contributed by atoms with van der Waals surface area (Å²) in [7, 11) is 0. The molecule has 0 aromatic rings. The molecule has 0 saturated carbocycles. The van der Waals surface area contributed by atoms with Crippen LogP contribution in [0.4, 0.5) is 0 Å². The normalized spacial score (nSPS) is 12.6. The van der Waals surface area contributed by atoms with E-state index in [1.165, 1.54) is 0 Å². The molecule has 0 spiro atoms. The molecule has 0 saturated heterocycles. The van der Waals surface area contributed by atoms with Gasteiger partial charge in [-0.1, -0.05) is 48.0 Å². The maximum atomic E-state index is 10.4. The lowest BCUT2D eigenvalue weighted by Gasteiger charge is -2.01. The average Bonchev–Trinajstić information content (AvgIpc) is 2.16. The fourth-order valence-electron chi connectivity index (χ4n) is 1.27. The fraction of sp³-hybridized carbons (Fsp3) is 0.867. The van der Waals surface area contributed by atoms with E-state index in [4.69, 9.17) is 0 Å². The molecule has 0 bridgehead atoms. The monoisotopic (exact) mass is 244 g/mol. The first-order valence-corrected chi connectivity index (χ1v) is 6.32. The Kier molecular flexibility index (Phi) is 17.0. The molecule has 0 rings (SSSR count). The summed E-state index contributed by atoms with van der Waals surface area (Å²) in [6, 6.07) is 0. The van der Waals surface area contributed by atoms with Crippen LogP contribution in [0.2, 0.25) is 0 Å². The second-order valence-electron chi connectivity index (χ2n) is 4.84. The van der Waals surface area contributed by atoms with E-state index < -0.39 is 0 Å². The summed E-state index contributed by atoms with van der Waals surface area (Å²) in [4.78, 5) is 20.8. The first-order valence-electron chi connectivity index (χ1n) is 6.32. The van der Waals surface area contributed by atoms with E-state index in [9.17, 15) is 9.59 Å². The zero-order valence-electron chi connectivity index (χ0n) is 11.8. The molecular formula is C15H32O2. The highest BCUT2D eigenvalue weighted by Crippen LogP contribution is 2.05. The Bertz CT molecular complexity index is 175. The maximum Gasteiger partial charge on any atom is 0.130 e. The molecule has 0 heterocycles. The van der Waals surface area contributed by atoms with Crippen molar-refractivity contribution in [3.8, 4) is 0 Å². The minimum absolute atomic E-state index is 0. The van der Waals surface area contributed by atoms with Gasteiger partial charge < -0.3 is 9.59 Å². The van der Waals surface area contributed by atoms with Gasteiger partial charge in [0.1, 0.15) is 11.6 Å². The molecule has 0 aliphatic rings. The van der Waals surface area contributed by atoms with Crippen LogP contribution in [0.25, 0.3) is 0 Å². The predicted molar refractivity (Wildman–Crippen MR) is 76.2 cm³/mol. The van der Waals surface area contributed by atoms with E-state index >= 15 is 0 Å². The molecule has 104 valence electrons. The minimum Gasteiger partial charge on any atom is -0.300 e. The van der Waals surface area contributed by atoms with Gasteiger partial charge in [-0.15, -0.1) is 0 Å². The van der Waals surface area contributed by atoms with Gasteiger partial charge in [-0.3, -0.25) is 0 Å². The van der Waals surface area contributed by atoms with E-state index in [1.807, 2.05) is 0 Å². The van der Waals surface area contributed by atoms with Gasteiger partial charge in [0.15, 0.2) is 0 Å². The highest BCUT2D eigenvalue weighted by Gasteiger charge is 2.00. The summed E-state index contributed by atoms with van der Waals surface area (Å²) in [5.41, 5.74) is 0. The lowest BCUT2D eigenvalue weighted by molar-refractivity contribution is -0.118. The van der Waals surface area contributed by atoms with Crippen LogP contribution in [0, 0.1) is 11.8 Å². The van der Waals surface area contributed by atoms with Crippen molar-refractivity contribution < 1.29 is 9.59 Å². The summed E-state index contributed by atoms with van der Waals surface area (Å²) in [5.74, 6) is 1.76. The summed E-state index contributed by atoms with van der Waals surface area (Å²) in [5, 5.41) is 0. The highest BCUT2D eigenvalue weighted by molar-refractivity contribution is 5.75. The lowest BCUT2D eigenvalue weighted by Crippen LogP contribution is -1.98. The number of rotatable bonds is 6. The van der Waals surface area contributed by atoms with Crippen LogP contribution in [0.3, 0.4) is 0 Å². The molecule has 0 aliphatic carbocycles. The third kappa shape index (κ3) is 21.2. The molecule has 0 aromatic heterocycles. The van der Waals surface area contributed by atoms with Crippen molar-refractivity contribution in [2.24, 2.45) is 11.8 Å². The van der Waals surface area contributed by atoms with Gasteiger partial charge in [0.05, 0.1) is 0 Å². The highest BCUT2D eigenvalue weighted by atomic mass is 16.1. The molecule has 0 amide bonds. The largest absolute Gasteiger partial charge is 0.300 e. The Balaban J connectivity index is -0.000000218. The summed E-state index contributed by atoms with van der Waals surface area (Å²) >= 11 is 0. The van der Waals surface area contributed by atoms with Crippen LogP contribution in [0.1, 0.15) is 74.7 Å². The van der Waals surface area contributed by atoms with E-state index in [1.54, 1.807) is 13.8 Å². The van der Waals surface area contributed by atoms with Crippen molar-refractivity contribution in [3.05, 3.63) is 0 Å². The van der Waals surface area contributed by atoms with Crippen LogP contribution < -0.4 is 0 Å². The van der Waals surface area contributed by atoms with Crippen LogP contribution in [-0.4, -0.2) is 11.6 Å². The van der Waals surface area contributed by atoms with Gasteiger partial charge in [0.25, 0.3) is 0 Å². The fourth-order valence-corrected chi connectivity index (χ4v) is 1.27. The van der Waals surface area contributed by atoms with E-state index in [0.717, 1.165) is 25.7 Å². The van der Waals surface area contributed by atoms with E-state index in [2.05, 4.69) is 27.7 Å². The number of hydrogen-bond donors (Lipinski definition) is 0. The molecule has 0 fully saturated rings. The number of Topliss-reactive ketones (excluding diaryl/α,β-unsaturated/α-hetero) is 2. The van der Waals surface area contributed by atoms with Crippen molar-refractivity contribution >= 4 is 11.6 Å². The molecule has 0 N–H and O–H groups in total. The third-order valence-corrected chi connectivity index (χ3v) is 2.67. The lowest BCUT2D eigenvalue weighted by atomic mass is 10.0. The molecule has 2 heteroatoms. The third-order valence-electron chi connectivity index (χ3n) is 2.67. The van der Waals surface area contributed by atoms with Gasteiger partial charge in [-0.05, 0) is 25.7 Å². The molecule has 0 aromatic carbocycles. The average molecular weight is 244 g/mol. The number of hydrogen-bond acceptors (Lipinski definition) is 2. The van der Waals surface area contributed by atoms with Crippen molar-refractivity contribution in [1.29, 1.82) is 0 Å². The van der Waals surface area contributed by atoms with Crippen LogP contribution in [0.5, 0.6) is 0 Å². The van der Waals surface area contributed by atoms with E-state index in [-0.39, 0.29) is 7.43 Å². The second kappa shape index (κ2) is 13.4. The quantitative estimate of drug-likeness (QED) is 0.681. The van der Waals surface area contributed by atoms with Crippen molar-refractivity contribution in [2.45, 2.75) is 74.7 Å². The van der Waals surface area contributed by atoms with Crippen molar-refractivity contribution in [1.82, 2.24) is 0 Å². The summed E-state index contributed by atoms with van der Waals surface area (Å²) in [6.45, 7) is 11.7. The number of carbonyl (C=O) groups excluding carboxylic acids is 2. The smallest absolute Gasteiger partial charge is 0.130 e. The Morgan fingerprint density at radius 2 is 1.06 bits per heavy atom. The molecule has 2 atom stereocenters. The number of carbonyl (C=O) groups is 2. The molecule has 17 heavy (non-hydrogen) atoms. The minimum atomic E-state index is 0. The van der Waals surface area contributed by atoms with Gasteiger partial charge in [-0.25, -0.2) is 0 Å². The molecular weight excluding hydrogens is 212 g/mol. The second-order valence-corrected chi connectivity index (χ2v) is 4.84. The van der Waals surface area contributed by atoms with Gasteiger partial charge in [-0.2, -0.15) is 0 Å². The molecule has 2 nitrogen and oxygen atoms in total. The Morgan fingerprint density at radius 1 is 0.824 bits per heavy atom. The first kappa shape index (κ1) is 21.6. The Morgan fingerprint density at radius 3 is 1.12 bits per heavy atom. The first-order chi connectivity index (χ1) is 7.33. The van der Waals surface area contributed by atoms with Crippen molar-refractivity contribution in [2.75, 3.05) is 0 Å². The Hall–Kier alpha value is -0.660. The standard InChI is InChI=1S/2C7H14O.CH4/c2*1-4-6(2)5-7(3)8;/h2*6H,4-5H2,1-3H3;1H4. The SMILES string of the molecule is C.CCC(C)CC(C)=O.CCC(C)CC(C)=O. The summed E-state index contributed by atoms with van der Waals surface area (Å²) < 4.78 is 0. The van der Waals surface area contributed by atoms with Crippen molar-refractivity contribution in [3.63, 3.8) is 0 Å². The maximum absolute atomic E-state index is 10.4. The zero-order valence-corrected chi connectivity index (χ0v) is 11.8. The molecule has 0 aliphatic heterocycles. The van der Waals surface area contributed by atoms with E-state index in [0.29, 0.717) is 23.4 Å².